The molecule has 0 bridgehead atoms. The van der Waals surface area contributed by atoms with Gasteiger partial charge in [-0.3, -0.25) is 14.7 Å². The van der Waals surface area contributed by atoms with Gasteiger partial charge in [0.25, 0.3) is 0 Å². The molecule has 162 valence electrons. The summed E-state index contributed by atoms with van der Waals surface area (Å²) in [6.07, 6.45) is 4.87. The van der Waals surface area contributed by atoms with Crippen LogP contribution in [0.15, 0.2) is 36.7 Å². The van der Waals surface area contributed by atoms with E-state index in [-0.39, 0.29) is 18.4 Å². The molecule has 2 N–H and O–H groups in total. The number of piperidine rings is 1. The van der Waals surface area contributed by atoms with Crippen LogP contribution in [0.5, 0.6) is 0 Å². The molecule has 0 radical (unpaired) electrons. The molecule has 3 aromatic rings. The van der Waals surface area contributed by atoms with Crippen molar-refractivity contribution in [1.29, 1.82) is 0 Å². The zero-order valence-electron chi connectivity index (χ0n) is 17.3. The van der Waals surface area contributed by atoms with Gasteiger partial charge in [0.15, 0.2) is 0 Å². The fourth-order valence-electron chi connectivity index (χ4n) is 4.05. The fourth-order valence-corrected chi connectivity index (χ4v) is 4.21. The third-order valence-electron chi connectivity index (χ3n) is 5.56. The van der Waals surface area contributed by atoms with Crippen molar-refractivity contribution in [2.24, 2.45) is 11.7 Å². The maximum absolute atomic E-state index is 12.6. The van der Waals surface area contributed by atoms with E-state index in [0.29, 0.717) is 29.4 Å². The number of halogens is 1. The normalized spacial score (nSPS) is 17.0. The monoisotopic (exact) mass is 441 g/mol. The van der Waals surface area contributed by atoms with Gasteiger partial charge in [0, 0.05) is 29.7 Å². The second-order valence-corrected chi connectivity index (χ2v) is 8.04. The van der Waals surface area contributed by atoms with Crippen molar-refractivity contribution >= 4 is 34.4 Å². The first-order valence-electron chi connectivity index (χ1n) is 10.3. The van der Waals surface area contributed by atoms with Gasteiger partial charge in [-0.2, -0.15) is 5.10 Å². The number of fused-ring (bicyclic) bond motifs is 1. The Morgan fingerprint density at radius 1 is 1.32 bits per heavy atom. The van der Waals surface area contributed by atoms with Gasteiger partial charge in [0.05, 0.1) is 35.6 Å². The molecule has 9 heteroatoms. The highest BCUT2D eigenvalue weighted by atomic mass is 35.5. The number of nitrogens with two attached hydrogens (primary N) is 1. The van der Waals surface area contributed by atoms with Crippen LogP contribution in [0.2, 0.25) is 5.02 Å². The molecule has 1 aliphatic rings. The van der Waals surface area contributed by atoms with Crippen LogP contribution in [0.3, 0.4) is 0 Å². The van der Waals surface area contributed by atoms with E-state index in [0.717, 1.165) is 36.0 Å². The lowest BCUT2D eigenvalue weighted by molar-refractivity contribution is -0.123. The predicted octanol–water partition coefficient (Wildman–Crippen LogP) is 2.95. The van der Waals surface area contributed by atoms with Gasteiger partial charge >= 0.3 is 5.97 Å². The smallest absolute Gasteiger partial charge is 0.341 e. The minimum absolute atomic E-state index is 0.194. The second kappa shape index (κ2) is 9.03. The molecule has 1 amide bonds. The van der Waals surface area contributed by atoms with Gasteiger partial charge in [-0.05, 0) is 50.6 Å². The topological polar surface area (TPSA) is 103 Å². The van der Waals surface area contributed by atoms with Gasteiger partial charge in [-0.1, -0.05) is 11.6 Å². The average Bonchev–Trinajstić information content (AvgIpc) is 3.16. The summed E-state index contributed by atoms with van der Waals surface area (Å²) in [5.74, 6) is -0.908. The highest BCUT2D eigenvalue weighted by molar-refractivity contribution is 6.31. The summed E-state index contributed by atoms with van der Waals surface area (Å²) in [4.78, 5) is 30.9. The number of hydrogen-bond donors (Lipinski definition) is 1. The predicted molar refractivity (Wildman–Crippen MR) is 117 cm³/mol. The van der Waals surface area contributed by atoms with Gasteiger partial charge < -0.3 is 10.5 Å². The third-order valence-corrected chi connectivity index (χ3v) is 5.79. The summed E-state index contributed by atoms with van der Waals surface area (Å²) in [6, 6.07) is 7.33. The molecule has 4 rings (SSSR count). The highest BCUT2D eigenvalue weighted by Gasteiger charge is 2.27. The number of nitrogens with zero attached hydrogens (tertiary/aromatic N) is 4. The molecule has 0 saturated carbocycles. The van der Waals surface area contributed by atoms with Crippen LogP contribution >= 0.6 is 11.6 Å². The van der Waals surface area contributed by atoms with E-state index in [1.165, 1.54) is 6.20 Å². The van der Waals surface area contributed by atoms with Crippen molar-refractivity contribution in [2.45, 2.75) is 26.3 Å². The molecular weight excluding hydrogens is 418 g/mol. The molecule has 1 atom stereocenters. The number of carbonyl (C=O) groups is 2. The SMILES string of the molecule is CCOC(=O)c1cnn(-c2ccnc3cc(Cl)ccc23)c1CN1CCCC(C(N)=O)C1. The fraction of sp³-hybridized carbons (Fsp3) is 0.364. The summed E-state index contributed by atoms with van der Waals surface area (Å²) < 4.78 is 7.00. The van der Waals surface area contributed by atoms with E-state index < -0.39 is 5.97 Å². The standard InChI is InChI=1S/C22H24ClN5O3/c1-2-31-22(30)17-11-26-28(19-7-8-25-18-10-15(23)5-6-16(18)19)20(17)13-27-9-3-4-14(12-27)21(24)29/h5-8,10-11,14H,2-4,9,12-13H2,1H3,(H2,24,29). The minimum Gasteiger partial charge on any atom is -0.462 e. The largest absolute Gasteiger partial charge is 0.462 e. The summed E-state index contributed by atoms with van der Waals surface area (Å²) in [5.41, 5.74) is 8.17. The first-order valence-corrected chi connectivity index (χ1v) is 10.7. The molecule has 1 saturated heterocycles. The second-order valence-electron chi connectivity index (χ2n) is 7.61. The highest BCUT2D eigenvalue weighted by Crippen LogP contribution is 2.27. The van der Waals surface area contributed by atoms with Gasteiger partial charge in [0.2, 0.25) is 5.91 Å². The number of aromatic nitrogens is 3. The van der Waals surface area contributed by atoms with Crippen LogP contribution < -0.4 is 5.73 Å². The number of amides is 1. The van der Waals surface area contributed by atoms with E-state index in [1.807, 2.05) is 12.1 Å². The van der Waals surface area contributed by atoms with Crippen molar-refractivity contribution in [1.82, 2.24) is 19.7 Å². The molecule has 31 heavy (non-hydrogen) atoms. The Morgan fingerprint density at radius 3 is 2.94 bits per heavy atom. The van der Waals surface area contributed by atoms with E-state index in [4.69, 9.17) is 22.1 Å². The Labute approximate surface area is 184 Å². The molecule has 0 aliphatic carbocycles. The van der Waals surface area contributed by atoms with Gasteiger partial charge in [-0.25, -0.2) is 9.48 Å². The number of rotatable bonds is 6. The van der Waals surface area contributed by atoms with Crippen LogP contribution in [0.25, 0.3) is 16.6 Å². The average molecular weight is 442 g/mol. The number of carbonyl (C=O) groups excluding carboxylic acids is 2. The minimum atomic E-state index is -0.423. The number of hydrogen-bond acceptors (Lipinski definition) is 6. The third kappa shape index (κ3) is 4.40. The quantitative estimate of drug-likeness (QED) is 0.590. The van der Waals surface area contributed by atoms with Gasteiger partial charge in [-0.15, -0.1) is 0 Å². The van der Waals surface area contributed by atoms with E-state index in [1.54, 1.807) is 29.9 Å². The van der Waals surface area contributed by atoms with E-state index >= 15 is 0 Å². The Hall–Kier alpha value is -2.97. The molecule has 1 aromatic carbocycles. The Bertz CT molecular complexity index is 1130. The van der Waals surface area contributed by atoms with E-state index in [2.05, 4.69) is 15.0 Å². The zero-order valence-corrected chi connectivity index (χ0v) is 18.0. The number of pyridine rings is 1. The maximum atomic E-state index is 12.6. The van der Waals surface area contributed by atoms with Crippen molar-refractivity contribution in [3.05, 3.63) is 52.9 Å². The summed E-state index contributed by atoms with van der Waals surface area (Å²) in [7, 11) is 0. The first kappa shape index (κ1) is 21.3. The summed E-state index contributed by atoms with van der Waals surface area (Å²) in [5, 5.41) is 5.97. The van der Waals surface area contributed by atoms with Crippen molar-refractivity contribution in [3.63, 3.8) is 0 Å². The number of ether oxygens (including phenoxy) is 1. The van der Waals surface area contributed by atoms with Crippen molar-refractivity contribution in [3.8, 4) is 5.69 Å². The number of esters is 1. The number of primary amides is 1. The molecule has 1 aliphatic heterocycles. The van der Waals surface area contributed by atoms with Gasteiger partial charge in [0.1, 0.15) is 5.56 Å². The molecule has 1 unspecified atom stereocenters. The molecule has 0 spiro atoms. The zero-order chi connectivity index (χ0) is 22.0. The molecular formula is C22H24ClN5O3. The Morgan fingerprint density at radius 2 is 2.16 bits per heavy atom. The van der Waals surface area contributed by atoms with Crippen molar-refractivity contribution < 1.29 is 14.3 Å². The lowest BCUT2D eigenvalue weighted by Gasteiger charge is -2.31. The van der Waals surface area contributed by atoms with Crippen LogP contribution in [-0.2, 0) is 16.1 Å². The Kier molecular flexibility index (Phi) is 6.20. The lowest BCUT2D eigenvalue weighted by atomic mass is 9.97. The maximum Gasteiger partial charge on any atom is 0.341 e. The molecule has 3 heterocycles. The van der Waals surface area contributed by atoms with Crippen molar-refractivity contribution in [2.75, 3.05) is 19.7 Å². The first-order chi connectivity index (χ1) is 15.0. The summed E-state index contributed by atoms with van der Waals surface area (Å²) >= 11 is 6.13. The van der Waals surface area contributed by atoms with Crippen LogP contribution in [0.1, 0.15) is 35.8 Å². The molecule has 2 aromatic heterocycles. The van der Waals surface area contributed by atoms with Crippen LogP contribution in [-0.4, -0.2) is 51.2 Å². The van der Waals surface area contributed by atoms with E-state index in [9.17, 15) is 9.59 Å². The summed E-state index contributed by atoms with van der Waals surface area (Å²) in [6.45, 7) is 3.84. The van der Waals surface area contributed by atoms with Crippen LogP contribution in [0.4, 0.5) is 0 Å². The number of likely N-dealkylation sites (tertiary alicyclic amines) is 1. The molecule has 1 fully saturated rings. The lowest BCUT2D eigenvalue weighted by Crippen LogP contribution is -2.41. The molecule has 8 nitrogen and oxygen atoms in total. The number of benzene rings is 1. The Balaban J connectivity index is 1.77. The van der Waals surface area contributed by atoms with Crippen LogP contribution in [0, 0.1) is 5.92 Å².